The van der Waals surface area contributed by atoms with E-state index < -0.39 is 0 Å². The van der Waals surface area contributed by atoms with Gasteiger partial charge in [0, 0.05) is 17.9 Å². The van der Waals surface area contributed by atoms with Gasteiger partial charge in [-0.3, -0.25) is 4.79 Å². The average Bonchev–Trinajstić information content (AvgIpc) is 2.24. The van der Waals surface area contributed by atoms with Gasteiger partial charge in [0.2, 0.25) is 5.91 Å². The van der Waals surface area contributed by atoms with Crippen molar-refractivity contribution in [2.45, 2.75) is 26.3 Å². The van der Waals surface area contributed by atoms with Crippen LogP contribution >= 0.6 is 12.2 Å². The summed E-state index contributed by atoms with van der Waals surface area (Å²) >= 11 is 4.85. The first kappa shape index (κ1) is 14.3. The number of nitrogens with two attached hydrogens (primary N) is 1. The Morgan fingerprint density at radius 2 is 2.00 bits per heavy atom. The number of carbonyl (C=O) groups is 1. The normalized spacial score (nSPS) is 10.8. The summed E-state index contributed by atoms with van der Waals surface area (Å²) in [5.41, 5.74) is 5.63. The lowest BCUT2D eigenvalue weighted by Crippen LogP contribution is -2.43. The van der Waals surface area contributed by atoms with Crippen LogP contribution in [-0.2, 0) is 4.79 Å². The summed E-state index contributed by atoms with van der Waals surface area (Å²) in [5.74, 6) is 0.274. The molecule has 1 aromatic heterocycles. The molecule has 6 nitrogen and oxygen atoms in total. The third-order valence-corrected chi connectivity index (χ3v) is 2.06. The lowest BCUT2D eigenvalue weighted by atomic mass is 10.1. The third-order valence-electron chi connectivity index (χ3n) is 1.86. The molecule has 1 amide bonds. The Hall–Kier alpha value is -1.76. The fourth-order valence-electron chi connectivity index (χ4n) is 1.27. The van der Waals surface area contributed by atoms with Crippen molar-refractivity contribution in [3.05, 3.63) is 18.1 Å². The molecule has 4 N–H and O–H groups in total. The van der Waals surface area contributed by atoms with Crippen LogP contribution in [0.4, 0.5) is 5.82 Å². The highest BCUT2D eigenvalue weighted by atomic mass is 32.1. The van der Waals surface area contributed by atoms with Gasteiger partial charge in [-0.15, -0.1) is 0 Å². The van der Waals surface area contributed by atoms with E-state index in [-0.39, 0.29) is 23.0 Å². The molecule has 0 atom stereocenters. The molecule has 0 radical (unpaired) electrons. The summed E-state index contributed by atoms with van der Waals surface area (Å²) < 4.78 is 0. The van der Waals surface area contributed by atoms with Crippen LogP contribution in [0.15, 0.2) is 12.4 Å². The molecule has 1 aromatic rings. The zero-order chi connectivity index (χ0) is 13.8. The molecule has 0 aliphatic heterocycles. The fraction of sp³-hybridized carbons (Fsp3) is 0.455. The van der Waals surface area contributed by atoms with E-state index in [0.717, 1.165) is 0 Å². The molecule has 0 saturated carbocycles. The van der Waals surface area contributed by atoms with Gasteiger partial charge >= 0.3 is 0 Å². The van der Waals surface area contributed by atoms with Crippen molar-refractivity contribution >= 4 is 28.9 Å². The van der Waals surface area contributed by atoms with Gasteiger partial charge < -0.3 is 16.4 Å². The van der Waals surface area contributed by atoms with E-state index in [0.29, 0.717) is 11.5 Å². The van der Waals surface area contributed by atoms with Gasteiger partial charge in [-0.25, -0.2) is 9.97 Å². The maximum atomic E-state index is 11.6. The molecule has 7 heteroatoms. The molecule has 0 aliphatic rings. The second-order valence-electron chi connectivity index (χ2n) is 4.77. The summed E-state index contributed by atoms with van der Waals surface area (Å²) in [5, 5.41) is 5.69. The van der Waals surface area contributed by atoms with Crippen molar-refractivity contribution < 1.29 is 4.79 Å². The third kappa shape index (κ3) is 4.62. The van der Waals surface area contributed by atoms with Crippen molar-refractivity contribution in [1.82, 2.24) is 15.3 Å². The molecular weight excluding hydrogens is 250 g/mol. The summed E-state index contributed by atoms with van der Waals surface area (Å²) in [6, 6.07) is 0. The Labute approximate surface area is 111 Å². The van der Waals surface area contributed by atoms with Crippen molar-refractivity contribution in [3.63, 3.8) is 0 Å². The number of anilines is 1. The van der Waals surface area contributed by atoms with Gasteiger partial charge in [0.1, 0.15) is 10.7 Å². The van der Waals surface area contributed by atoms with Gasteiger partial charge in [0.05, 0.1) is 6.54 Å². The van der Waals surface area contributed by atoms with Crippen LogP contribution in [0, 0.1) is 0 Å². The summed E-state index contributed by atoms with van der Waals surface area (Å²) in [6.45, 7) is 5.82. The van der Waals surface area contributed by atoms with Gasteiger partial charge in [-0.1, -0.05) is 12.2 Å². The minimum atomic E-state index is -0.271. The van der Waals surface area contributed by atoms with Crippen molar-refractivity contribution in [3.8, 4) is 0 Å². The predicted octanol–water partition coefficient (Wildman–Crippen LogP) is 0.437. The maximum Gasteiger partial charge on any atom is 0.239 e. The number of nitrogens with one attached hydrogen (secondary N) is 2. The molecule has 1 heterocycles. The Morgan fingerprint density at radius 3 is 2.56 bits per heavy atom. The predicted molar refractivity (Wildman–Crippen MR) is 74.3 cm³/mol. The molecule has 18 heavy (non-hydrogen) atoms. The van der Waals surface area contributed by atoms with Crippen LogP contribution in [0.1, 0.15) is 26.5 Å². The topological polar surface area (TPSA) is 92.9 Å². The Balaban J connectivity index is 2.64. The van der Waals surface area contributed by atoms with Crippen LogP contribution in [0.5, 0.6) is 0 Å². The SMILES string of the molecule is CC(C)(C)NC(=O)CNc1nccnc1C(N)=S. The van der Waals surface area contributed by atoms with Crippen LogP contribution in [-0.4, -0.2) is 32.9 Å². The molecule has 1 rings (SSSR count). The number of carbonyl (C=O) groups excluding carboxylic acids is 1. The second kappa shape index (κ2) is 5.72. The number of hydrogen-bond acceptors (Lipinski definition) is 5. The fourth-order valence-corrected chi connectivity index (χ4v) is 1.42. The number of aromatic nitrogens is 2. The quantitative estimate of drug-likeness (QED) is 0.685. The highest BCUT2D eigenvalue weighted by Gasteiger charge is 2.14. The molecular formula is C11H17N5OS. The van der Waals surface area contributed by atoms with Crippen LogP contribution in [0.25, 0.3) is 0 Å². The van der Waals surface area contributed by atoms with E-state index in [1.165, 1.54) is 12.4 Å². The first-order valence-corrected chi connectivity index (χ1v) is 5.86. The van der Waals surface area contributed by atoms with Crippen LogP contribution < -0.4 is 16.4 Å². The van der Waals surface area contributed by atoms with E-state index in [4.69, 9.17) is 18.0 Å². The van der Waals surface area contributed by atoms with Gasteiger partial charge in [0.25, 0.3) is 0 Å². The smallest absolute Gasteiger partial charge is 0.239 e. The standard InChI is InChI=1S/C11H17N5OS/c1-11(2,3)16-7(17)6-15-10-8(9(12)18)13-4-5-14-10/h4-5H,6H2,1-3H3,(H2,12,18)(H,14,15)(H,16,17). The number of thiocarbonyl (C=S) groups is 1. The average molecular weight is 267 g/mol. The second-order valence-corrected chi connectivity index (χ2v) is 5.21. The lowest BCUT2D eigenvalue weighted by molar-refractivity contribution is -0.120. The first-order chi connectivity index (χ1) is 8.29. The zero-order valence-corrected chi connectivity index (χ0v) is 11.5. The van der Waals surface area contributed by atoms with Crippen molar-refractivity contribution in [2.24, 2.45) is 5.73 Å². The monoisotopic (exact) mass is 267 g/mol. The molecule has 0 aromatic carbocycles. The largest absolute Gasteiger partial charge is 0.388 e. The Morgan fingerprint density at radius 1 is 1.39 bits per heavy atom. The van der Waals surface area contributed by atoms with E-state index in [1.807, 2.05) is 20.8 Å². The number of rotatable bonds is 4. The van der Waals surface area contributed by atoms with Crippen LogP contribution in [0.3, 0.4) is 0 Å². The zero-order valence-electron chi connectivity index (χ0n) is 10.7. The van der Waals surface area contributed by atoms with E-state index >= 15 is 0 Å². The molecule has 0 saturated heterocycles. The molecule has 0 spiro atoms. The van der Waals surface area contributed by atoms with E-state index in [9.17, 15) is 4.79 Å². The summed E-state index contributed by atoms with van der Waals surface area (Å²) in [6.07, 6.45) is 3.00. The number of nitrogens with zero attached hydrogens (tertiary/aromatic N) is 2. The Bertz CT molecular complexity index is 455. The molecule has 0 aliphatic carbocycles. The van der Waals surface area contributed by atoms with Gasteiger partial charge in [-0.2, -0.15) is 0 Å². The minimum absolute atomic E-state index is 0.0889. The summed E-state index contributed by atoms with van der Waals surface area (Å²) in [7, 11) is 0. The number of hydrogen-bond donors (Lipinski definition) is 3. The van der Waals surface area contributed by atoms with Gasteiger partial charge in [0.15, 0.2) is 5.82 Å². The first-order valence-electron chi connectivity index (χ1n) is 5.45. The highest BCUT2D eigenvalue weighted by molar-refractivity contribution is 7.80. The van der Waals surface area contributed by atoms with Gasteiger partial charge in [-0.05, 0) is 20.8 Å². The highest BCUT2D eigenvalue weighted by Crippen LogP contribution is 2.07. The number of amides is 1. The maximum absolute atomic E-state index is 11.6. The minimum Gasteiger partial charge on any atom is -0.388 e. The summed E-state index contributed by atoms with van der Waals surface area (Å²) in [4.78, 5) is 19.8. The van der Waals surface area contributed by atoms with E-state index in [1.54, 1.807) is 0 Å². The van der Waals surface area contributed by atoms with Crippen LogP contribution in [0.2, 0.25) is 0 Å². The van der Waals surface area contributed by atoms with Crippen molar-refractivity contribution in [1.29, 1.82) is 0 Å². The van der Waals surface area contributed by atoms with Crippen molar-refractivity contribution in [2.75, 3.05) is 11.9 Å². The Kier molecular flexibility index (Phi) is 4.55. The molecule has 98 valence electrons. The lowest BCUT2D eigenvalue weighted by Gasteiger charge is -2.20. The van der Waals surface area contributed by atoms with E-state index in [2.05, 4.69) is 20.6 Å². The molecule has 0 unspecified atom stereocenters. The molecule has 0 fully saturated rings. The molecule has 0 bridgehead atoms.